The number of hydrogen-bond acceptors (Lipinski definition) is 2. The van der Waals surface area contributed by atoms with Crippen molar-refractivity contribution in [2.24, 2.45) is 0 Å². The minimum Gasteiger partial charge on any atom is -0.454 e. The second-order valence-corrected chi connectivity index (χ2v) is 4.32. The van der Waals surface area contributed by atoms with Gasteiger partial charge in [-0.15, -0.1) is 0 Å². The van der Waals surface area contributed by atoms with Crippen molar-refractivity contribution in [1.82, 2.24) is 9.78 Å². The summed E-state index contributed by atoms with van der Waals surface area (Å²) >= 11 is 3.25. The normalized spacial score (nSPS) is 12.7. The van der Waals surface area contributed by atoms with Crippen LogP contribution in [0.25, 0.3) is 5.69 Å². The van der Waals surface area contributed by atoms with E-state index in [1.807, 2.05) is 0 Å². The third-order valence-corrected chi connectivity index (χ3v) is 2.51. The van der Waals surface area contributed by atoms with Crippen LogP contribution in [0.4, 0.5) is 13.2 Å². The topological polar surface area (TPSA) is 27.1 Å². The van der Waals surface area contributed by atoms with Crippen molar-refractivity contribution < 1.29 is 17.9 Å². The largest absolute Gasteiger partial charge is 0.454 e. The molecule has 1 aromatic heterocycles. The standard InChI is InChI=1S/C11H8BrF3N2O/c12-7-5-16-17(6-7)8-1-3-9(4-2-8)18-11(15)10(13)14/h1-6,10-11H. The summed E-state index contributed by atoms with van der Waals surface area (Å²) in [5.41, 5.74) is 0.709. The van der Waals surface area contributed by atoms with Crippen LogP contribution in [0.5, 0.6) is 5.75 Å². The summed E-state index contributed by atoms with van der Waals surface area (Å²) < 4.78 is 43.3. The summed E-state index contributed by atoms with van der Waals surface area (Å²) in [6, 6.07) is 5.99. The van der Waals surface area contributed by atoms with Gasteiger partial charge >= 0.3 is 6.43 Å². The third-order valence-electron chi connectivity index (χ3n) is 2.10. The van der Waals surface area contributed by atoms with Gasteiger partial charge in [0.2, 0.25) is 0 Å². The van der Waals surface area contributed by atoms with Gasteiger partial charge in [0.1, 0.15) is 5.75 Å². The van der Waals surface area contributed by atoms with E-state index in [2.05, 4.69) is 25.8 Å². The van der Waals surface area contributed by atoms with Crippen LogP contribution in [0.3, 0.4) is 0 Å². The molecule has 2 rings (SSSR count). The van der Waals surface area contributed by atoms with E-state index in [0.29, 0.717) is 5.69 Å². The Morgan fingerprint density at radius 2 is 1.83 bits per heavy atom. The SMILES string of the molecule is FC(F)C(F)Oc1ccc(-n2cc(Br)cn2)cc1. The predicted octanol–water partition coefficient (Wildman–Crippen LogP) is 3.57. The van der Waals surface area contributed by atoms with Crippen LogP contribution in [-0.4, -0.2) is 22.6 Å². The summed E-state index contributed by atoms with van der Waals surface area (Å²) in [6.45, 7) is 0. The Morgan fingerprint density at radius 3 is 2.33 bits per heavy atom. The van der Waals surface area contributed by atoms with Crippen LogP contribution in [0, 0.1) is 0 Å². The van der Waals surface area contributed by atoms with Gasteiger partial charge in [-0.3, -0.25) is 0 Å². The lowest BCUT2D eigenvalue weighted by atomic mass is 10.3. The zero-order valence-corrected chi connectivity index (χ0v) is 10.5. The molecule has 0 fully saturated rings. The minimum atomic E-state index is -3.16. The van der Waals surface area contributed by atoms with Crippen LogP contribution in [0.1, 0.15) is 0 Å². The van der Waals surface area contributed by atoms with E-state index in [4.69, 9.17) is 0 Å². The van der Waals surface area contributed by atoms with Crippen LogP contribution in [0.2, 0.25) is 0 Å². The molecule has 2 aromatic rings. The average Bonchev–Trinajstić information content (AvgIpc) is 2.76. The lowest BCUT2D eigenvalue weighted by Crippen LogP contribution is -2.19. The Bertz CT molecular complexity index is 515. The van der Waals surface area contributed by atoms with Crippen molar-refractivity contribution in [3.05, 3.63) is 41.1 Å². The summed E-state index contributed by atoms with van der Waals surface area (Å²) in [5, 5.41) is 4.04. The molecule has 1 aromatic carbocycles. The van der Waals surface area contributed by atoms with E-state index in [1.54, 1.807) is 29.2 Å². The lowest BCUT2D eigenvalue weighted by molar-refractivity contribution is -0.0668. The van der Waals surface area contributed by atoms with Crippen molar-refractivity contribution in [1.29, 1.82) is 0 Å². The first kappa shape index (κ1) is 12.9. The van der Waals surface area contributed by atoms with Crippen LogP contribution < -0.4 is 4.74 Å². The molecule has 0 aliphatic carbocycles. The molecule has 1 heterocycles. The number of hydrogen-bond donors (Lipinski definition) is 0. The maximum absolute atomic E-state index is 12.6. The molecule has 0 spiro atoms. The van der Waals surface area contributed by atoms with Crippen molar-refractivity contribution in [2.45, 2.75) is 12.8 Å². The number of benzene rings is 1. The van der Waals surface area contributed by atoms with E-state index >= 15 is 0 Å². The molecule has 0 saturated carbocycles. The highest BCUT2D eigenvalue weighted by Crippen LogP contribution is 2.19. The van der Waals surface area contributed by atoms with Gasteiger partial charge in [-0.1, -0.05) is 0 Å². The first-order valence-corrected chi connectivity index (χ1v) is 5.75. The third kappa shape index (κ3) is 3.04. The van der Waals surface area contributed by atoms with Crippen molar-refractivity contribution >= 4 is 15.9 Å². The van der Waals surface area contributed by atoms with E-state index < -0.39 is 12.8 Å². The molecule has 96 valence electrons. The molecule has 18 heavy (non-hydrogen) atoms. The molecule has 0 saturated heterocycles. The van der Waals surface area contributed by atoms with Gasteiger partial charge in [-0.25, -0.2) is 13.5 Å². The molecule has 3 nitrogen and oxygen atoms in total. The highest BCUT2D eigenvalue weighted by molar-refractivity contribution is 9.10. The first-order chi connectivity index (χ1) is 8.56. The Kier molecular flexibility index (Phi) is 3.90. The summed E-state index contributed by atoms with van der Waals surface area (Å²) in [6.07, 6.45) is -2.44. The van der Waals surface area contributed by atoms with Crippen LogP contribution >= 0.6 is 15.9 Å². The van der Waals surface area contributed by atoms with Crippen molar-refractivity contribution in [3.63, 3.8) is 0 Å². The smallest absolute Gasteiger partial charge is 0.304 e. The van der Waals surface area contributed by atoms with Crippen molar-refractivity contribution in [2.75, 3.05) is 0 Å². The Balaban J connectivity index is 2.10. The fraction of sp³-hybridized carbons (Fsp3) is 0.182. The number of alkyl halides is 3. The van der Waals surface area contributed by atoms with Gasteiger partial charge in [0.05, 0.1) is 16.4 Å². The molecule has 0 N–H and O–H groups in total. The molecule has 1 unspecified atom stereocenters. The maximum Gasteiger partial charge on any atom is 0.304 e. The monoisotopic (exact) mass is 320 g/mol. The van der Waals surface area contributed by atoms with E-state index in [1.165, 1.54) is 12.1 Å². The second-order valence-electron chi connectivity index (χ2n) is 3.40. The predicted molar refractivity (Wildman–Crippen MR) is 62.8 cm³/mol. The van der Waals surface area contributed by atoms with Gasteiger partial charge in [0.25, 0.3) is 6.36 Å². The molecular weight excluding hydrogens is 313 g/mol. The van der Waals surface area contributed by atoms with Gasteiger partial charge in [-0.2, -0.15) is 9.49 Å². The number of aromatic nitrogens is 2. The lowest BCUT2D eigenvalue weighted by Gasteiger charge is -2.10. The van der Waals surface area contributed by atoms with Gasteiger partial charge in [-0.05, 0) is 40.2 Å². The average molecular weight is 321 g/mol. The number of nitrogens with zero attached hydrogens (tertiary/aromatic N) is 2. The molecule has 0 aliphatic rings. The molecular formula is C11H8BrF3N2O. The fourth-order valence-corrected chi connectivity index (χ4v) is 1.59. The van der Waals surface area contributed by atoms with E-state index in [-0.39, 0.29) is 5.75 Å². The quantitative estimate of drug-likeness (QED) is 0.861. The fourth-order valence-electron chi connectivity index (χ4n) is 1.30. The first-order valence-electron chi connectivity index (χ1n) is 4.96. The van der Waals surface area contributed by atoms with E-state index in [9.17, 15) is 13.2 Å². The summed E-state index contributed by atoms with van der Waals surface area (Å²) in [4.78, 5) is 0. The maximum atomic E-state index is 12.6. The molecule has 0 amide bonds. The van der Waals surface area contributed by atoms with Gasteiger partial charge < -0.3 is 4.74 Å². The summed E-state index contributed by atoms with van der Waals surface area (Å²) in [5.74, 6) is 0.0396. The molecule has 1 atom stereocenters. The van der Waals surface area contributed by atoms with E-state index in [0.717, 1.165) is 4.47 Å². The minimum absolute atomic E-state index is 0.0396. The molecule has 0 radical (unpaired) electrons. The van der Waals surface area contributed by atoms with Gasteiger partial charge in [0, 0.05) is 6.20 Å². The van der Waals surface area contributed by atoms with Crippen LogP contribution in [0.15, 0.2) is 41.1 Å². The Labute approximate surface area is 109 Å². The Hall–Kier alpha value is -1.50. The number of ether oxygens (including phenoxy) is 1. The zero-order valence-electron chi connectivity index (χ0n) is 8.93. The molecule has 0 aliphatic heterocycles. The zero-order chi connectivity index (χ0) is 13.1. The molecule has 7 heteroatoms. The number of rotatable bonds is 4. The summed E-state index contributed by atoms with van der Waals surface area (Å²) in [7, 11) is 0. The second kappa shape index (κ2) is 5.43. The number of halogens is 4. The van der Waals surface area contributed by atoms with Gasteiger partial charge in [0.15, 0.2) is 0 Å². The van der Waals surface area contributed by atoms with Crippen LogP contribution in [-0.2, 0) is 0 Å². The van der Waals surface area contributed by atoms with Crippen molar-refractivity contribution in [3.8, 4) is 11.4 Å². The Morgan fingerprint density at radius 1 is 1.17 bits per heavy atom. The highest BCUT2D eigenvalue weighted by Gasteiger charge is 2.20. The highest BCUT2D eigenvalue weighted by atomic mass is 79.9. The molecule has 0 bridgehead atoms.